The molecule has 2 unspecified atom stereocenters. The van der Waals surface area contributed by atoms with E-state index in [0.29, 0.717) is 19.6 Å². The van der Waals surface area contributed by atoms with Crippen LogP contribution in [0.1, 0.15) is 30.5 Å². The number of carbonyl (C=O) groups is 1. The van der Waals surface area contributed by atoms with Gasteiger partial charge in [-0.1, -0.05) is 24.3 Å². The van der Waals surface area contributed by atoms with Gasteiger partial charge >= 0.3 is 0 Å². The zero-order valence-electron chi connectivity index (χ0n) is 13.7. The molecule has 3 N–H and O–H groups in total. The van der Waals surface area contributed by atoms with Crippen LogP contribution in [0.4, 0.5) is 0 Å². The maximum absolute atomic E-state index is 12.4. The fourth-order valence-corrected chi connectivity index (χ4v) is 2.78. The lowest BCUT2D eigenvalue weighted by molar-refractivity contribution is -0.123. The first kappa shape index (κ1) is 16.4. The van der Waals surface area contributed by atoms with Crippen LogP contribution in [0.25, 0.3) is 0 Å². The van der Waals surface area contributed by atoms with Crippen molar-refractivity contribution in [1.29, 1.82) is 0 Å². The number of para-hydroxylation sites is 1. The fraction of sp³-hybridized carbons (Fsp3) is 0.333. The van der Waals surface area contributed by atoms with Crippen molar-refractivity contribution in [1.82, 2.24) is 21.2 Å². The Labute approximate surface area is 141 Å². The molecule has 0 bridgehead atoms. The summed E-state index contributed by atoms with van der Waals surface area (Å²) in [7, 11) is 0. The van der Waals surface area contributed by atoms with E-state index in [2.05, 4.69) is 21.2 Å². The number of aromatic nitrogens is 1. The number of ether oxygens (including phenoxy) is 1. The first-order valence-electron chi connectivity index (χ1n) is 8.17. The lowest BCUT2D eigenvalue weighted by Gasteiger charge is -2.13. The van der Waals surface area contributed by atoms with Crippen LogP contribution in [0.2, 0.25) is 0 Å². The number of benzene rings is 1. The van der Waals surface area contributed by atoms with Crippen molar-refractivity contribution in [2.45, 2.75) is 32.0 Å². The number of nitrogens with one attached hydrogen (secondary N) is 3. The molecule has 2 aromatic rings. The molecule has 1 aromatic heterocycles. The van der Waals surface area contributed by atoms with Crippen LogP contribution in [-0.4, -0.2) is 23.5 Å². The van der Waals surface area contributed by atoms with Crippen LogP contribution in [0, 0.1) is 0 Å². The second-order valence-corrected chi connectivity index (χ2v) is 5.67. The van der Waals surface area contributed by atoms with Crippen molar-refractivity contribution in [3.05, 3.63) is 59.9 Å². The molecule has 1 aliphatic rings. The maximum Gasteiger partial charge on any atom is 0.238 e. The van der Waals surface area contributed by atoms with E-state index in [9.17, 15) is 4.79 Å². The van der Waals surface area contributed by atoms with Gasteiger partial charge in [-0.15, -0.1) is 0 Å². The Morgan fingerprint density at radius 3 is 2.96 bits per heavy atom. The van der Waals surface area contributed by atoms with Gasteiger partial charge in [0, 0.05) is 30.5 Å². The molecule has 1 saturated heterocycles. The summed E-state index contributed by atoms with van der Waals surface area (Å²) in [4.78, 5) is 16.5. The number of hydrazine groups is 1. The zero-order valence-corrected chi connectivity index (χ0v) is 13.7. The smallest absolute Gasteiger partial charge is 0.238 e. The molecule has 0 saturated carbocycles. The van der Waals surface area contributed by atoms with Crippen LogP contribution in [0.15, 0.2) is 48.8 Å². The third-order valence-corrected chi connectivity index (χ3v) is 4.03. The quantitative estimate of drug-likeness (QED) is 0.753. The fourth-order valence-electron chi connectivity index (χ4n) is 2.78. The van der Waals surface area contributed by atoms with Crippen molar-refractivity contribution >= 4 is 5.91 Å². The third kappa shape index (κ3) is 3.90. The van der Waals surface area contributed by atoms with Gasteiger partial charge in [-0.2, -0.15) is 0 Å². The van der Waals surface area contributed by atoms with Gasteiger partial charge in [0.1, 0.15) is 11.8 Å². The summed E-state index contributed by atoms with van der Waals surface area (Å²) in [6.07, 6.45) is 4.24. The van der Waals surface area contributed by atoms with E-state index in [1.165, 1.54) is 0 Å². The Morgan fingerprint density at radius 2 is 2.17 bits per heavy atom. The van der Waals surface area contributed by atoms with Crippen LogP contribution < -0.4 is 20.9 Å². The van der Waals surface area contributed by atoms with Crippen molar-refractivity contribution in [3.63, 3.8) is 0 Å². The average molecular weight is 326 g/mol. The van der Waals surface area contributed by atoms with Crippen molar-refractivity contribution < 1.29 is 9.53 Å². The highest BCUT2D eigenvalue weighted by Gasteiger charge is 2.30. The summed E-state index contributed by atoms with van der Waals surface area (Å²) >= 11 is 0. The molecule has 0 spiro atoms. The highest BCUT2D eigenvalue weighted by atomic mass is 16.5. The van der Waals surface area contributed by atoms with Gasteiger partial charge in [-0.25, -0.2) is 10.9 Å². The van der Waals surface area contributed by atoms with Crippen molar-refractivity contribution in [2.24, 2.45) is 0 Å². The molecule has 1 amide bonds. The van der Waals surface area contributed by atoms with Crippen LogP contribution in [0.5, 0.6) is 5.75 Å². The van der Waals surface area contributed by atoms with Gasteiger partial charge < -0.3 is 10.1 Å². The van der Waals surface area contributed by atoms with Crippen molar-refractivity contribution in [3.8, 4) is 5.75 Å². The summed E-state index contributed by atoms with van der Waals surface area (Å²) < 4.78 is 5.58. The molecule has 3 rings (SSSR count). The summed E-state index contributed by atoms with van der Waals surface area (Å²) in [6, 6.07) is 11.5. The van der Waals surface area contributed by atoms with E-state index < -0.39 is 0 Å². The van der Waals surface area contributed by atoms with Crippen LogP contribution in [0.3, 0.4) is 0 Å². The van der Waals surface area contributed by atoms with Crippen molar-refractivity contribution in [2.75, 3.05) is 6.61 Å². The van der Waals surface area contributed by atoms with Gasteiger partial charge in [0.05, 0.1) is 6.61 Å². The normalized spacial score (nSPS) is 19.9. The molecule has 1 aliphatic heterocycles. The Kier molecular flexibility index (Phi) is 5.40. The van der Waals surface area contributed by atoms with Crippen LogP contribution >= 0.6 is 0 Å². The number of nitrogens with zero attached hydrogens (tertiary/aromatic N) is 1. The largest absolute Gasteiger partial charge is 0.494 e. The molecule has 2 atom stereocenters. The minimum Gasteiger partial charge on any atom is -0.494 e. The SMILES string of the molecule is CCOc1ccccc1CNC(=O)C1CC(c2cccnc2)NN1. The lowest BCUT2D eigenvalue weighted by Crippen LogP contribution is -2.42. The number of rotatable bonds is 6. The summed E-state index contributed by atoms with van der Waals surface area (Å²) in [5.41, 5.74) is 8.26. The number of amides is 1. The number of hydrogen-bond donors (Lipinski definition) is 3. The van der Waals surface area contributed by atoms with Crippen LogP contribution in [-0.2, 0) is 11.3 Å². The number of pyridine rings is 1. The maximum atomic E-state index is 12.4. The molecule has 1 aromatic carbocycles. The second kappa shape index (κ2) is 7.90. The third-order valence-electron chi connectivity index (χ3n) is 4.03. The predicted molar refractivity (Wildman–Crippen MR) is 91.1 cm³/mol. The van der Waals surface area contributed by atoms with Gasteiger partial charge in [0.2, 0.25) is 5.91 Å². The molecule has 24 heavy (non-hydrogen) atoms. The minimum absolute atomic E-state index is 0.0276. The molecule has 126 valence electrons. The highest BCUT2D eigenvalue weighted by molar-refractivity contribution is 5.82. The molecular formula is C18H22N4O2. The van der Waals surface area contributed by atoms with E-state index in [4.69, 9.17) is 4.74 Å². The first-order chi connectivity index (χ1) is 11.8. The molecule has 0 aliphatic carbocycles. The lowest BCUT2D eigenvalue weighted by atomic mass is 10.0. The summed E-state index contributed by atoms with van der Waals surface area (Å²) in [6.45, 7) is 3.00. The highest BCUT2D eigenvalue weighted by Crippen LogP contribution is 2.22. The molecule has 0 radical (unpaired) electrons. The van der Waals surface area contributed by atoms with E-state index in [-0.39, 0.29) is 18.0 Å². The molecular weight excluding hydrogens is 304 g/mol. The Bertz CT molecular complexity index is 678. The molecule has 6 heteroatoms. The van der Waals surface area contributed by atoms with Gasteiger partial charge in [0.15, 0.2) is 0 Å². The average Bonchev–Trinajstić information content (AvgIpc) is 3.12. The Balaban J connectivity index is 1.55. The predicted octanol–water partition coefficient (Wildman–Crippen LogP) is 1.70. The number of carbonyl (C=O) groups excluding carboxylic acids is 1. The number of hydrogen-bond acceptors (Lipinski definition) is 5. The van der Waals surface area contributed by atoms with E-state index in [0.717, 1.165) is 16.9 Å². The molecule has 2 heterocycles. The standard InChI is InChI=1S/C18H22N4O2/c1-2-24-17-8-4-3-6-14(17)12-20-18(23)16-10-15(21-22-16)13-7-5-9-19-11-13/h3-9,11,15-16,21-22H,2,10,12H2,1H3,(H,20,23). The minimum atomic E-state index is -0.269. The van der Waals surface area contributed by atoms with E-state index in [1.807, 2.05) is 49.5 Å². The zero-order chi connectivity index (χ0) is 16.8. The van der Waals surface area contributed by atoms with Gasteiger partial charge in [-0.05, 0) is 31.0 Å². The summed E-state index contributed by atoms with van der Waals surface area (Å²) in [5, 5.41) is 2.97. The molecule has 6 nitrogen and oxygen atoms in total. The van der Waals surface area contributed by atoms with E-state index >= 15 is 0 Å². The molecule has 1 fully saturated rings. The first-order valence-corrected chi connectivity index (χ1v) is 8.17. The van der Waals surface area contributed by atoms with Gasteiger partial charge in [-0.3, -0.25) is 9.78 Å². The topological polar surface area (TPSA) is 75.3 Å². The second-order valence-electron chi connectivity index (χ2n) is 5.67. The Hall–Kier alpha value is -2.44. The summed E-state index contributed by atoms with van der Waals surface area (Å²) in [5.74, 6) is 0.784. The van der Waals surface area contributed by atoms with E-state index in [1.54, 1.807) is 6.20 Å². The Morgan fingerprint density at radius 1 is 1.29 bits per heavy atom. The monoisotopic (exact) mass is 326 g/mol. The van der Waals surface area contributed by atoms with Gasteiger partial charge in [0.25, 0.3) is 0 Å².